The summed E-state index contributed by atoms with van der Waals surface area (Å²) in [6, 6.07) is 5.07. The molecule has 20 heavy (non-hydrogen) atoms. The average Bonchev–Trinajstić information content (AvgIpc) is 2.83. The molecule has 0 bridgehead atoms. The van der Waals surface area contributed by atoms with Crippen molar-refractivity contribution in [3.05, 3.63) is 29.6 Å². The molecule has 0 aliphatic carbocycles. The van der Waals surface area contributed by atoms with Crippen LogP contribution in [0.3, 0.4) is 0 Å². The molecule has 1 saturated heterocycles. The lowest BCUT2D eigenvalue weighted by atomic mass is 10.1. The molecule has 110 valence electrons. The molecule has 2 rings (SSSR count). The number of hydrogen-bond acceptors (Lipinski definition) is 4. The number of benzene rings is 1. The van der Waals surface area contributed by atoms with E-state index in [1.165, 1.54) is 12.5 Å². The van der Waals surface area contributed by atoms with Crippen molar-refractivity contribution in [3.8, 4) is 0 Å². The predicted molar refractivity (Wildman–Crippen MR) is 77.8 cm³/mol. The highest BCUT2D eigenvalue weighted by Crippen LogP contribution is 2.22. The lowest BCUT2D eigenvalue weighted by Crippen LogP contribution is -2.37. The van der Waals surface area contributed by atoms with Crippen LogP contribution in [0.5, 0.6) is 0 Å². The zero-order valence-electron chi connectivity index (χ0n) is 11.9. The Hall–Kier alpha value is -1.82. The van der Waals surface area contributed by atoms with Gasteiger partial charge in [-0.3, -0.25) is 0 Å². The molecule has 0 saturated carbocycles. The van der Waals surface area contributed by atoms with Gasteiger partial charge in [0.1, 0.15) is 5.82 Å². The third-order valence-corrected chi connectivity index (χ3v) is 3.92. The highest BCUT2D eigenvalue weighted by molar-refractivity contribution is 5.97. The maximum absolute atomic E-state index is 14.1. The van der Waals surface area contributed by atoms with Crippen molar-refractivity contribution in [2.75, 3.05) is 32.1 Å². The van der Waals surface area contributed by atoms with E-state index in [9.17, 15) is 4.39 Å². The molecule has 0 amide bonds. The van der Waals surface area contributed by atoms with Gasteiger partial charge < -0.3 is 20.7 Å². The zero-order chi connectivity index (χ0) is 14.7. The standard InChI is InChI=1S/C14H21FN4O/c1-18-7-3-4-11(18)9-19(2)13-6-5-10(8-12(13)15)14(16)17-20/h5-6,8,11,20H,3-4,7,9H2,1-2H3,(H2,16,17). The molecule has 1 heterocycles. The Morgan fingerprint density at radius 2 is 2.35 bits per heavy atom. The van der Waals surface area contributed by atoms with Crippen molar-refractivity contribution < 1.29 is 9.60 Å². The Morgan fingerprint density at radius 3 is 2.90 bits per heavy atom. The number of hydrogen-bond donors (Lipinski definition) is 2. The molecule has 1 fully saturated rings. The molecule has 0 radical (unpaired) electrons. The van der Waals surface area contributed by atoms with Gasteiger partial charge in [-0.25, -0.2) is 4.39 Å². The summed E-state index contributed by atoms with van der Waals surface area (Å²) in [5, 5.41) is 11.5. The number of halogens is 1. The Bertz CT molecular complexity index is 506. The van der Waals surface area contributed by atoms with Gasteiger partial charge in [0.05, 0.1) is 5.69 Å². The third kappa shape index (κ3) is 3.01. The van der Waals surface area contributed by atoms with Crippen molar-refractivity contribution >= 4 is 11.5 Å². The summed E-state index contributed by atoms with van der Waals surface area (Å²) in [5.74, 6) is -0.453. The van der Waals surface area contributed by atoms with Crippen LogP contribution in [0.4, 0.5) is 10.1 Å². The predicted octanol–water partition coefficient (Wildman–Crippen LogP) is 1.45. The first kappa shape index (κ1) is 14.6. The van der Waals surface area contributed by atoms with Crippen LogP contribution in [0.2, 0.25) is 0 Å². The molecule has 1 aliphatic rings. The van der Waals surface area contributed by atoms with Crippen molar-refractivity contribution in [2.45, 2.75) is 18.9 Å². The highest BCUT2D eigenvalue weighted by Gasteiger charge is 2.23. The van der Waals surface area contributed by atoms with Gasteiger partial charge in [0, 0.05) is 25.2 Å². The second-order valence-corrected chi connectivity index (χ2v) is 5.31. The summed E-state index contributed by atoms with van der Waals surface area (Å²) in [6.45, 7) is 1.89. The number of likely N-dealkylation sites (tertiary alicyclic amines) is 1. The monoisotopic (exact) mass is 280 g/mol. The number of oxime groups is 1. The molecule has 1 aromatic carbocycles. The van der Waals surface area contributed by atoms with Gasteiger partial charge in [0.25, 0.3) is 0 Å². The first-order valence-corrected chi connectivity index (χ1v) is 6.71. The van der Waals surface area contributed by atoms with Gasteiger partial charge in [0.15, 0.2) is 5.84 Å². The van der Waals surface area contributed by atoms with Crippen LogP contribution in [0.1, 0.15) is 18.4 Å². The Balaban J connectivity index is 2.12. The minimum absolute atomic E-state index is 0.0892. The van der Waals surface area contributed by atoms with Crippen LogP contribution < -0.4 is 10.6 Å². The van der Waals surface area contributed by atoms with Gasteiger partial charge in [-0.15, -0.1) is 0 Å². The molecule has 6 heteroatoms. The number of nitrogens with two attached hydrogens (primary N) is 1. The minimum atomic E-state index is -0.364. The molecule has 0 aromatic heterocycles. The second kappa shape index (κ2) is 6.09. The summed E-state index contributed by atoms with van der Waals surface area (Å²) in [7, 11) is 3.98. The van der Waals surface area contributed by atoms with Gasteiger partial charge in [-0.05, 0) is 44.6 Å². The van der Waals surface area contributed by atoms with Crippen molar-refractivity contribution in [1.82, 2.24) is 4.90 Å². The van der Waals surface area contributed by atoms with Crippen LogP contribution in [-0.2, 0) is 0 Å². The van der Waals surface area contributed by atoms with E-state index in [4.69, 9.17) is 10.9 Å². The second-order valence-electron chi connectivity index (χ2n) is 5.31. The Labute approximate surface area is 118 Å². The molecule has 1 atom stereocenters. The first-order chi connectivity index (χ1) is 9.52. The average molecular weight is 280 g/mol. The van der Waals surface area contributed by atoms with Gasteiger partial charge in [-0.1, -0.05) is 5.16 Å². The quantitative estimate of drug-likeness (QED) is 0.379. The number of likely N-dealkylation sites (N-methyl/N-ethyl adjacent to an activating group) is 2. The van der Waals surface area contributed by atoms with E-state index >= 15 is 0 Å². The number of anilines is 1. The van der Waals surface area contributed by atoms with E-state index in [0.29, 0.717) is 17.3 Å². The fourth-order valence-electron chi connectivity index (χ4n) is 2.66. The maximum atomic E-state index is 14.1. The topological polar surface area (TPSA) is 65.1 Å². The van der Waals surface area contributed by atoms with E-state index in [0.717, 1.165) is 19.5 Å². The van der Waals surface area contributed by atoms with E-state index < -0.39 is 0 Å². The smallest absolute Gasteiger partial charge is 0.170 e. The van der Waals surface area contributed by atoms with Gasteiger partial charge >= 0.3 is 0 Å². The molecule has 5 nitrogen and oxygen atoms in total. The summed E-state index contributed by atoms with van der Waals surface area (Å²) >= 11 is 0. The fourth-order valence-corrected chi connectivity index (χ4v) is 2.66. The number of rotatable bonds is 4. The van der Waals surface area contributed by atoms with E-state index in [1.54, 1.807) is 12.1 Å². The molecule has 1 aliphatic heterocycles. The van der Waals surface area contributed by atoms with Crippen molar-refractivity contribution in [2.24, 2.45) is 10.9 Å². The molecular formula is C14H21FN4O. The van der Waals surface area contributed by atoms with Gasteiger partial charge in [-0.2, -0.15) is 0 Å². The van der Waals surface area contributed by atoms with Crippen LogP contribution in [0.25, 0.3) is 0 Å². The van der Waals surface area contributed by atoms with Crippen molar-refractivity contribution in [1.29, 1.82) is 0 Å². The Morgan fingerprint density at radius 1 is 1.60 bits per heavy atom. The normalized spacial score (nSPS) is 20.4. The summed E-state index contributed by atoms with van der Waals surface area (Å²) < 4.78 is 14.1. The molecule has 1 aromatic rings. The lowest BCUT2D eigenvalue weighted by Gasteiger charge is -2.27. The summed E-state index contributed by atoms with van der Waals surface area (Å²) in [5.41, 5.74) is 6.36. The van der Waals surface area contributed by atoms with Crippen molar-refractivity contribution in [3.63, 3.8) is 0 Å². The van der Waals surface area contributed by atoms with E-state index in [1.807, 2.05) is 11.9 Å². The summed E-state index contributed by atoms with van der Waals surface area (Å²) in [6.07, 6.45) is 2.34. The Kier molecular flexibility index (Phi) is 4.44. The minimum Gasteiger partial charge on any atom is -0.409 e. The van der Waals surface area contributed by atoms with Crippen LogP contribution in [0.15, 0.2) is 23.4 Å². The van der Waals surface area contributed by atoms with Gasteiger partial charge in [0.2, 0.25) is 0 Å². The number of amidine groups is 1. The van der Waals surface area contributed by atoms with Crippen LogP contribution in [0, 0.1) is 5.82 Å². The number of nitrogens with zero attached hydrogens (tertiary/aromatic N) is 3. The SMILES string of the molecule is CN(CC1CCCN1C)c1ccc(C(N)=NO)cc1F. The largest absolute Gasteiger partial charge is 0.409 e. The third-order valence-electron chi connectivity index (χ3n) is 3.92. The molecule has 3 N–H and O–H groups in total. The highest BCUT2D eigenvalue weighted by atomic mass is 19.1. The summed E-state index contributed by atoms with van der Waals surface area (Å²) in [4.78, 5) is 4.22. The lowest BCUT2D eigenvalue weighted by molar-refractivity contribution is 0.314. The zero-order valence-corrected chi connectivity index (χ0v) is 11.9. The van der Waals surface area contributed by atoms with E-state index in [-0.39, 0.29) is 11.7 Å². The molecule has 1 unspecified atom stereocenters. The van der Waals surface area contributed by atoms with Crippen LogP contribution >= 0.6 is 0 Å². The molecular weight excluding hydrogens is 259 g/mol. The maximum Gasteiger partial charge on any atom is 0.170 e. The van der Waals surface area contributed by atoms with E-state index in [2.05, 4.69) is 17.1 Å². The molecule has 0 spiro atoms. The fraction of sp³-hybridized carbons (Fsp3) is 0.500. The first-order valence-electron chi connectivity index (χ1n) is 6.71. The van der Waals surface area contributed by atoms with Crippen LogP contribution in [-0.4, -0.2) is 49.2 Å².